The third kappa shape index (κ3) is 8.56. The van der Waals surface area contributed by atoms with E-state index in [9.17, 15) is 0 Å². The smallest absolute Gasteiger partial charge is 0.252 e. The van der Waals surface area contributed by atoms with E-state index in [1.54, 1.807) is 0 Å². The van der Waals surface area contributed by atoms with E-state index >= 15 is 0 Å². The maximum atomic E-state index is 7.02. The molecule has 86 heavy (non-hydrogen) atoms. The molecule has 0 spiro atoms. The molecule has 0 radical (unpaired) electrons. The molecular weight excluding hydrogens is 1040 g/mol. The molecule has 0 N–H and O–H groups in total. The van der Waals surface area contributed by atoms with Gasteiger partial charge in [-0.2, -0.15) is 0 Å². The van der Waals surface area contributed by atoms with Crippen LogP contribution in [0.5, 0.6) is 0 Å². The first kappa shape index (κ1) is 56.8. The van der Waals surface area contributed by atoms with Gasteiger partial charge in [-0.05, 0) is 222 Å². The molecule has 8 aromatic carbocycles. The summed E-state index contributed by atoms with van der Waals surface area (Å²) in [6.45, 7) is 48.4. The highest BCUT2D eigenvalue weighted by Crippen LogP contribution is 2.57. The fourth-order valence-electron chi connectivity index (χ4n) is 16.9. The Labute approximate surface area is 515 Å². The van der Waals surface area contributed by atoms with Crippen LogP contribution in [-0.4, -0.2) is 6.71 Å². The Bertz CT molecular complexity index is 4260. The van der Waals surface area contributed by atoms with Gasteiger partial charge >= 0.3 is 0 Å². The van der Waals surface area contributed by atoms with Crippen LogP contribution in [0.25, 0.3) is 21.9 Å². The van der Waals surface area contributed by atoms with Gasteiger partial charge < -0.3 is 19.1 Å². The van der Waals surface area contributed by atoms with Gasteiger partial charge in [0.05, 0.1) is 5.69 Å². The standard InChI is InChI=1S/C81H92BN3O/c1-48-37-57-60(78(13,14)35-33-76(57,9)10)43-65(48)84-67-45-62-59(80(17,18)47-81(62,19)20)42-64(67)82-63-41-56-55-23-21-22-24-71(55)86-72(56)46-68(63)85(66-44-61-58(38-49(66)2)77(11,12)34-36-79(61,15)16)70-40-54(39-69(84)73(70)82)83(52-29-25-50(26-30-52)74(3,4)5)53-31-27-51(28-32-53)75(6,7)8/h21-32,37-46H,33-36,47H2,1-20H3. The highest BCUT2D eigenvalue weighted by atomic mass is 16.3. The van der Waals surface area contributed by atoms with Crippen molar-refractivity contribution in [2.24, 2.45) is 0 Å². The molecule has 5 heteroatoms. The number of benzene rings is 8. The van der Waals surface area contributed by atoms with Crippen LogP contribution in [0.2, 0.25) is 0 Å². The molecule has 3 heterocycles. The van der Waals surface area contributed by atoms with E-state index in [1.807, 2.05) is 0 Å². The van der Waals surface area contributed by atoms with Crippen molar-refractivity contribution in [1.29, 1.82) is 0 Å². The largest absolute Gasteiger partial charge is 0.456 e. The molecule has 0 amide bonds. The van der Waals surface area contributed by atoms with Crippen molar-refractivity contribution in [3.63, 3.8) is 0 Å². The second-order valence-electron chi connectivity index (χ2n) is 33.2. The van der Waals surface area contributed by atoms with Gasteiger partial charge in [0.2, 0.25) is 0 Å². The SMILES string of the molecule is Cc1cc2c(cc1N1c3cc4c(cc3B3c5cc6c(cc5N(c5cc7c(cc5C)C(C)(C)CCC7(C)C)c5cc(N(c7ccc(C(C)(C)C)cc7)c7ccc(C(C)(C)C)cc7)cc1c53)oc1ccccc16)C(C)(C)CC4(C)C)C(C)(C)CCC2(C)C. The van der Waals surface area contributed by atoms with Crippen molar-refractivity contribution in [2.75, 3.05) is 14.7 Å². The van der Waals surface area contributed by atoms with Gasteiger partial charge in [-0.25, -0.2) is 0 Å². The minimum absolute atomic E-state index is 0.00425. The number of aryl methyl sites for hydroxylation is 2. The summed E-state index contributed by atoms with van der Waals surface area (Å²) in [6, 6.07) is 53.5. The van der Waals surface area contributed by atoms with Crippen molar-refractivity contribution >= 4 is 96.2 Å². The second kappa shape index (κ2) is 18.3. The predicted molar refractivity (Wildman–Crippen MR) is 371 cm³/mol. The Hall–Kier alpha value is -6.98. The van der Waals surface area contributed by atoms with E-state index < -0.39 is 0 Å². The van der Waals surface area contributed by atoms with Gasteiger partial charge in [0.15, 0.2) is 0 Å². The van der Waals surface area contributed by atoms with Gasteiger partial charge in [-0.1, -0.05) is 191 Å². The Morgan fingerprint density at radius 1 is 0.384 bits per heavy atom. The van der Waals surface area contributed by atoms with Crippen molar-refractivity contribution in [3.05, 3.63) is 189 Å². The normalized spacial score (nSPS) is 19.0. The highest BCUT2D eigenvalue weighted by molar-refractivity contribution is 7.00. The molecule has 0 saturated carbocycles. The zero-order chi connectivity index (χ0) is 61.1. The highest BCUT2D eigenvalue weighted by Gasteiger charge is 2.50. The molecule has 3 aliphatic carbocycles. The molecule has 0 unspecified atom stereocenters. The van der Waals surface area contributed by atoms with Crippen LogP contribution in [0.15, 0.2) is 138 Å². The number of rotatable bonds is 5. The maximum absolute atomic E-state index is 7.02. The maximum Gasteiger partial charge on any atom is 0.252 e. The van der Waals surface area contributed by atoms with Crippen LogP contribution >= 0.6 is 0 Å². The molecular formula is C81H92BN3O. The van der Waals surface area contributed by atoms with Crippen LogP contribution < -0.4 is 31.1 Å². The monoisotopic (exact) mass is 1130 g/mol. The number of furan rings is 1. The molecule has 0 fully saturated rings. The Morgan fingerprint density at radius 2 is 0.779 bits per heavy atom. The quantitative estimate of drug-likeness (QED) is 0.160. The summed E-state index contributed by atoms with van der Waals surface area (Å²) in [7, 11) is 0. The number of hydrogen-bond donors (Lipinski definition) is 0. The minimum atomic E-state index is -0.110. The van der Waals surface area contributed by atoms with Gasteiger partial charge in [0.1, 0.15) is 11.2 Å². The zero-order valence-corrected chi connectivity index (χ0v) is 55.6. The van der Waals surface area contributed by atoms with E-state index in [4.69, 9.17) is 4.42 Å². The first-order chi connectivity index (χ1) is 40.1. The number of para-hydroxylation sites is 1. The molecule has 0 saturated heterocycles. The second-order valence-corrected chi connectivity index (χ2v) is 33.2. The van der Waals surface area contributed by atoms with Crippen molar-refractivity contribution in [3.8, 4) is 0 Å². The molecule has 0 bridgehead atoms. The summed E-state index contributed by atoms with van der Waals surface area (Å²) in [5, 5.41) is 2.32. The molecule has 4 nitrogen and oxygen atoms in total. The summed E-state index contributed by atoms with van der Waals surface area (Å²) >= 11 is 0. The van der Waals surface area contributed by atoms with Gasteiger partial charge in [0, 0.05) is 62.3 Å². The molecule has 9 aromatic rings. The average molecular weight is 1130 g/mol. The topological polar surface area (TPSA) is 22.9 Å². The van der Waals surface area contributed by atoms with Crippen LogP contribution in [0.3, 0.4) is 0 Å². The summed E-state index contributed by atoms with van der Waals surface area (Å²) < 4.78 is 7.02. The van der Waals surface area contributed by atoms with Crippen LogP contribution in [0.4, 0.5) is 51.2 Å². The van der Waals surface area contributed by atoms with E-state index in [-0.39, 0.29) is 50.0 Å². The molecule has 14 rings (SSSR count). The Kier molecular flexibility index (Phi) is 12.1. The fraction of sp³-hybridized carbons (Fsp3) is 0.407. The minimum Gasteiger partial charge on any atom is -0.456 e. The first-order valence-corrected chi connectivity index (χ1v) is 32.4. The third-order valence-corrected chi connectivity index (χ3v) is 22.1. The van der Waals surface area contributed by atoms with E-state index in [0.717, 1.165) is 64.7 Å². The predicted octanol–water partition coefficient (Wildman–Crippen LogP) is 21.0. The summed E-state index contributed by atoms with van der Waals surface area (Å²) in [4.78, 5) is 8.03. The van der Waals surface area contributed by atoms with Crippen molar-refractivity contribution < 1.29 is 4.42 Å². The van der Waals surface area contributed by atoms with Crippen LogP contribution in [-0.2, 0) is 43.3 Å². The summed E-state index contributed by atoms with van der Waals surface area (Å²) in [5.41, 5.74) is 30.7. The van der Waals surface area contributed by atoms with Gasteiger partial charge in [-0.15, -0.1) is 0 Å². The van der Waals surface area contributed by atoms with Crippen molar-refractivity contribution in [2.45, 2.75) is 214 Å². The Balaban J connectivity index is 1.17. The van der Waals surface area contributed by atoms with Crippen LogP contribution in [0, 0.1) is 13.8 Å². The molecule has 440 valence electrons. The fourth-order valence-corrected chi connectivity index (χ4v) is 16.9. The van der Waals surface area contributed by atoms with E-state index in [2.05, 4.69) is 287 Å². The lowest BCUT2D eigenvalue weighted by Gasteiger charge is -2.47. The molecule has 1 aromatic heterocycles. The van der Waals surface area contributed by atoms with Crippen LogP contribution in [0.1, 0.15) is 212 Å². The lowest BCUT2D eigenvalue weighted by atomic mass is 9.33. The lowest BCUT2D eigenvalue weighted by molar-refractivity contribution is 0.332. The van der Waals surface area contributed by atoms with Gasteiger partial charge in [-0.3, -0.25) is 0 Å². The molecule has 2 aliphatic heterocycles. The number of hydrogen-bond acceptors (Lipinski definition) is 4. The zero-order valence-electron chi connectivity index (χ0n) is 55.6. The third-order valence-electron chi connectivity index (χ3n) is 22.1. The number of anilines is 9. The lowest BCUT2D eigenvalue weighted by Crippen LogP contribution is -2.61. The van der Waals surface area contributed by atoms with Crippen molar-refractivity contribution in [1.82, 2.24) is 0 Å². The number of fused-ring (bicyclic) bond motifs is 10. The molecule has 0 atom stereocenters. The molecule has 5 aliphatic rings. The summed E-state index contributed by atoms with van der Waals surface area (Å²) in [5.74, 6) is 0. The number of nitrogens with zero attached hydrogens (tertiary/aromatic N) is 3. The van der Waals surface area contributed by atoms with E-state index in [0.29, 0.717) is 0 Å². The average Bonchev–Trinajstić information content (AvgIpc) is 0.988. The first-order valence-electron chi connectivity index (χ1n) is 32.4. The van der Waals surface area contributed by atoms with Gasteiger partial charge in [0.25, 0.3) is 6.71 Å². The van der Waals surface area contributed by atoms with E-state index in [1.165, 1.54) is 113 Å². The Morgan fingerprint density at radius 3 is 1.24 bits per heavy atom. The summed E-state index contributed by atoms with van der Waals surface area (Å²) in [6.07, 6.45) is 5.69.